The normalized spacial score (nSPS) is 11.5. The quantitative estimate of drug-likeness (QED) is 0.503. The van der Waals surface area contributed by atoms with Crippen LogP contribution in [0.2, 0.25) is 0 Å². The lowest BCUT2D eigenvalue weighted by atomic mass is 10.2. The zero-order valence-electron chi connectivity index (χ0n) is 15.7. The number of nitrogens with zero attached hydrogens (tertiary/aromatic N) is 5. The first-order valence-electron chi connectivity index (χ1n) is 9.11. The Morgan fingerprint density at radius 2 is 2.04 bits per heavy atom. The van der Waals surface area contributed by atoms with Crippen LogP contribution in [0.25, 0.3) is 21.9 Å². The van der Waals surface area contributed by atoms with E-state index in [1.807, 2.05) is 24.3 Å². The molecule has 0 saturated heterocycles. The summed E-state index contributed by atoms with van der Waals surface area (Å²) in [5, 5.41) is 11.2. The first kappa shape index (κ1) is 18.4. The molecule has 0 aliphatic carbocycles. The van der Waals surface area contributed by atoms with E-state index >= 15 is 0 Å². The third-order valence-electron chi connectivity index (χ3n) is 4.72. The Morgan fingerprint density at radius 1 is 1.21 bits per heavy atom. The molecule has 9 heteroatoms. The van der Waals surface area contributed by atoms with Crippen LogP contribution in [0.1, 0.15) is 25.6 Å². The van der Waals surface area contributed by atoms with Crippen LogP contribution in [0.5, 0.6) is 0 Å². The number of rotatable bonds is 6. The van der Waals surface area contributed by atoms with Crippen molar-refractivity contribution in [1.29, 1.82) is 0 Å². The van der Waals surface area contributed by atoms with Crippen LogP contribution in [-0.4, -0.2) is 29.3 Å². The van der Waals surface area contributed by atoms with Crippen LogP contribution >= 0.6 is 11.8 Å². The third-order valence-corrected chi connectivity index (χ3v) is 5.69. The molecule has 0 radical (unpaired) electrons. The SMILES string of the molecule is CCCCn1c(=O)[nH]c(=O)c2c1nc(CSc1nncc3ccccc13)n2C. The molecule has 0 unspecified atom stereocenters. The van der Waals surface area contributed by atoms with Gasteiger partial charge < -0.3 is 4.57 Å². The summed E-state index contributed by atoms with van der Waals surface area (Å²) < 4.78 is 3.30. The molecule has 1 N–H and O–H groups in total. The fourth-order valence-electron chi connectivity index (χ4n) is 3.19. The second-order valence-electron chi connectivity index (χ2n) is 6.55. The smallest absolute Gasteiger partial charge is 0.325 e. The van der Waals surface area contributed by atoms with E-state index in [2.05, 4.69) is 27.1 Å². The summed E-state index contributed by atoms with van der Waals surface area (Å²) in [6, 6.07) is 7.93. The molecule has 0 aliphatic heterocycles. The molecule has 0 spiro atoms. The standard InChI is InChI=1S/C19H20N6O2S/c1-3-4-9-25-16-15(17(26)22-19(25)27)24(2)14(21-16)11-28-18-13-8-6-5-7-12(13)10-20-23-18/h5-8,10H,3-4,9,11H2,1-2H3,(H,22,26,27). The van der Waals surface area contributed by atoms with Gasteiger partial charge in [-0.1, -0.05) is 49.4 Å². The molecule has 3 aromatic heterocycles. The van der Waals surface area contributed by atoms with Crippen molar-refractivity contribution in [2.45, 2.75) is 37.1 Å². The van der Waals surface area contributed by atoms with E-state index in [9.17, 15) is 9.59 Å². The summed E-state index contributed by atoms with van der Waals surface area (Å²) >= 11 is 1.51. The van der Waals surface area contributed by atoms with Crippen molar-refractivity contribution in [2.24, 2.45) is 7.05 Å². The lowest BCUT2D eigenvalue weighted by molar-refractivity contribution is 0.613. The van der Waals surface area contributed by atoms with Gasteiger partial charge in [0.2, 0.25) is 0 Å². The van der Waals surface area contributed by atoms with Crippen molar-refractivity contribution in [3.8, 4) is 0 Å². The van der Waals surface area contributed by atoms with Gasteiger partial charge in [-0.25, -0.2) is 9.78 Å². The minimum absolute atomic E-state index is 0.412. The van der Waals surface area contributed by atoms with Gasteiger partial charge in [0.15, 0.2) is 11.2 Å². The fraction of sp³-hybridized carbons (Fsp3) is 0.316. The largest absolute Gasteiger partial charge is 0.330 e. The molecule has 8 nitrogen and oxygen atoms in total. The summed E-state index contributed by atoms with van der Waals surface area (Å²) in [6.45, 7) is 2.58. The lowest BCUT2D eigenvalue weighted by Crippen LogP contribution is -2.31. The van der Waals surface area contributed by atoms with Crippen LogP contribution < -0.4 is 11.2 Å². The average Bonchev–Trinajstić information content (AvgIpc) is 3.03. The number of aromatic nitrogens is 6. The number of unbranched alkanes of at least 4 members (excludes halogenated alkanes) is 1. The lowest BCUT2D eigenvalue weighted by Gasteiger charge is -2.05. The number of H-pyrrole nitrogens is 1. The maximum Gasteiger partial charge on any atom is 0.330 e. The average molecular weight is 396 g/mol. The Labute approximate surface area is 164 Å². The highest BCUT2D eigenvalue weighted by Gasteiger charge is 2.17. The van der Waals surface area contributed by atoms with E-state index in [1.165, 1.54) is 11.8 Å². The molecular formula is C19H20N6O2S. The monoisotopic (exact) mass is 396 g/mol. The summed E-state index contributed by atoms with van der Waals surface area (Å²) in [5.41, 5.74) is 0.0201. The van der Waals surface area contributed by atoms with Gasteiger partial charge in [0, 0.05) is 24.4 Å². The third kappa shape index (κ3) is 3.22. The molecular weight excluding hydrogens is 376 g/mol. The van der Waals surface area contributed by atoms with Crippen molar-refractivity contribution in [3.63, 3.8) is 0 Å². The molecule has 0 saturated carbocycles. The van der Waals surface area contributed by atoms with Gasteiger partial charge in [-0.3, -0.25) is 14.3 Å². The molecule has 0 atom stereocenters. The zero-order chi connectivity index (χ0) is 19.7. The van der Waals surface area contributed by atoms with E-state index in [0.29, 0.717) is 29.3 Å². The van der Waals surface area contributed by atoms with Crippen molar-refractivity contribution in [1.82, 2.24) is 29.3 Å². The van der Waals surface area contributed by atoms with E-state index in [-0.39, 0.29) is 0 Å². The first-order chi connectivity index (χ1) is 13.6. The fourth-order valence-corrected chi connectivity index (χ4v) is 4.16. The number of aryl methyl sites for hydroxylation is 2. The maximum absolute atomic E-state index is 12.3. The van der Waals surface area contributed by atoms with Gasteiger partial charge in [-0.15, -0.1) is 5.10 Å². The number of hydrogen-bond acceptors (Lipinski definition) is 6. The van der Waals surface area contributed by atoms with Gasteiger partial charge in [0.05, 0.1) is 11.9 Å². The molecule has 28 heavy (non-hydrogen) atoms. The van der Waals surface area contributed by atoms with Gasteiger partial charge in [-0.05, 0) is 6.42 Å². The molecule has 4 aromatic rings. The van der Waals surface area contributed by atoms with E-state index in [1.54, 1.807) is 22.4 Å². The molecule has 0 amide bonds. The minimum atomic E-state index is -0.414. The molecule has 4 rings (SSSR count). The van der Waals surface area contributed by atoms with Crippen molar-refractivity contribution < 1.29 is 0 Å². The van der Waals surface area contributed by atoms with Crippen LogP contribution in [0, 0.1) is 0 Å². The Hall–Kier alpha value is -2.94. The zero-order valence-corrected chi connectivity index (χ0v) is 16.5. The highest BCUT2D eigenvalue weighted by atomic mass is 32.2. The summed E-state index contributed by atoms with van der Waals surface area (Å²) in [4.78, 5) is 31.6. The Morgan fingerprint density at radius 3 is 2.86 bits per heavy atom. The van der Waals surface area contributed by atoms with Gasteiger partial charge in [0.25, 0.3) is 5.56 Å². The van der Waals surface area contributed by atoms with E-state index in [4.69, 9.17) is 0 Å². The number of thioether (sulfide) groups is 1. The number of fused-ring (bicyclic) bond motifs is 2. The number of nitrogens with one attached hydrogen (secondary N) is 1. The Kier molecular flexibility index (Phi) is 4.99. The molecule has 0 aliphatic rings. The summed E-state index contributed by atoms with van der Waals surface area (Å²) in [5.74, 6) is 1.21. The number of aromatic amines is 1. The van der Waals surface area contributed by atoms with E-state index in [0.717, 1.165) is 28.6 Å². The van der Waals surface area contributed by atoms with Crippen LogP contribution in [0.3, 0.4) is 0 Å². The van der Waals surface area contributed by atoms with Crippen LogP contribution in [0.4, 0.5) is 0 Å². The maximum atomic E-state index is 12.3. The number of hydrogen-bond donors (Lipinski definition) is 1. The molecule has 1 aromatic carbocycles. The van der Waals surface area contributed by atoms with Crippen molar-refractivity contribution >= 4 is 33.7 Å². The predicted molar refractivity (Wildman–Crippen MR) is 110 cm³/mol. The number of imidazole rings is 1. The van der Waals surface area contributed by atoms with Crippen LogP contribution in [0.15, 0.2) is 45.1 Å². The highest BCUT2D eigenvalue weighted by molar-refractivity contribution is 7.98. The topological polar surface area (TPSA) is 98.5 Å². The number of benzene rings is 1. The predicted octanol–water partition coefficient (Wildman–Crippen LogP) is 2.46. The summed E-state index contributed by atoms with van der Waals surface area (Å²) in [7, 11) is 1.80. The molecule has 0 fully saturated rings. The van der Waals surface area contributed by atoms with Crippen molar-refractivity contribution in [2.75, 3.05) is 0 Å². The Bertz CT molecular complexity index is 1270. The summed E-state index contributed by atoms with van der Waals surface area (Å²) in [6.07, 6.45) is 3.52. The molecule has 3 heterocycles. The second kappa shape index (κ2) is 7.59. The highest BCUT2D eigenvalue weighted by Crippen LogP contribution is 2.27. The minimum Gasteiger partial charge on any atom is -0.325 e. The van der Waals surface area contributed by atoms with Gasteiger partial charge in [-0.2, -0.15) is 5.10 Å². The van der Waals surface area contributed by atoms with Crippen molar-refractivity contribution in [3.05, 3.63) is 57.1 Å². The van der Waals surface area contributed by atoms with Gasteiger partial charge >= 0.3 is 5.69 Å². The Balaban J connectivity index is 1.73. The first-order valence-corrected chi connectivity index (χ1v) is 10.1. The molecule has 144 valence electrons. The van der Waals surface area contributed by atoms with Crippen LogP contribution in [-0.2, 0) is 19.3 Å². The molecule has 0 bridgehead atoms. The second-order valence-corrected chi connectivity index (χ2v) is 7.51. The van der Waals surface area contributed by atoms with Gasteiger partial charge in [0.1, 0.15) is 10.9 Å². The van der Waals surface area contributed by atoms with E-state index < -0.39 is 11.2 Å².